The van der Waals surface area contributed by atoms with E-state index >= 15 is 0 Å². The van der Waals surface area contributed by atoms with Gasteiger partial charge in [-0.25, -0.2) is 0 Å². The van der Waals surface area contributed by atoms with Gasteiger partial charge in [-0.2, -0.15) is 0 Å². The summed E-state index contributed by atoms with van der Waals surface area (Å²) < 4.78 is 0. The summed E-state index contributed by atoms with van der Waals surface area (Å²) in [6, 6.07) is 0. The third-order valence-electron chi connectivity index (χ3n) is 0. The van der Waals surface area contributed by atoms with Crippen LogP contribution in [0.3, 0.4) is 0 Å². The van der Waals surface area contributed by atoms with Gasteiger partial charge in [0.25, 0.3) is 0 Å². The molecule has 0 aromatic rings. The molecule has 0 radical (unpaired) electrons. The van der Waals surface area contributed by atoms with E-state index in [9.17, 15) is 0 Å². The molecule has 0 rings (SSSR count). The zero-order valence-corrected chi connectivity index (χ0v) is 36.8. The number of hydrogen-bond acceptors (Lipinski definition) is 0. The molecule has 33 heteroatoms. The molecule has 0 saturated carbocycles. The second-order valence-electron chi connectivity index (χ2n) is 0. The zero-order valence-electron chi connectivity index (χ0n) is 23.2. The summed E-state index contributed by atoms with van der Waals surface area (Å²) in [6.07, 6.45) is 0. The van der Waals surface area contributed by atoms with Crippen LogP contribution in [-0.4, -0.2) is 0 Å². The van der Waals surface area contributed by atoms with E-state index in [1.165, 1.54) is 0 Å². The molecule has 0 bridgehead atoms. The fraction of sp³-hybridized carbons (Fsp3) is 0. The van der Waals surface area contributed by atoms with E-state index < -0.39 is 0 Å². The number of hydrogen-bond donors (Lipinski definition) is 0. The first-order chi connectivity index (χ1) is 0. The molecule has 0 spiro atoms. The van der Waals surface area contributed by atoms with E-state index in [4.69, 9.17) is 0 Å². The maximum Gasteiger partial charge on any atom is 4.00 e. The van der Waals surface area contributed by atoms with Crippen LogP contribution < -0.4 is 367 Å². The molecule has 0 unspecified atom stereocenters. The summed E-state index contributed by atoms with van der Waals surface area (Å²) in [7, 11) is 0. The summed E-state index contributed by atoms with van der Waals surface area (Å²) in [5.41, 5.74) is 0. The van der Waals surface area contributed by atoms with Crippen LogP contribution >= 0.6 is 0 Å². The monoisotopic (exact) mass is 670 g/mol. The van der Waals surface area contributed by atoms with E-state index in [2.05, 4.69) is 0 Å². The summed E-state index contributed by atoms with van der Waals surface area (Å²) >= 11 is 0. The standard InChI is InChI=1S/2K.14Li.14O.3Zr/q16*+1;14*-2;3*+4. The molecule has 14 nitrogen and oxygen atoms in total. The molecule has 112 valence electrons. The van der Waals surface area contributed by atoms with Gasteiger partial charge in [0.05, 0.1) is 0 Å². The van der Waals surface area contributed by atoms with Crippen molar-refractivity contribution in [2.75, 3.05) is 0 Å². The largest absolute Gasteiger partial charge is 4.00 e. The summed E-state index contributed by atoms with van der Waals surface area (Å²) in [6.45, 7) is 0. The molecule has 0 atom stereocenters. The van der Waals surface area contributed by atoms with Gasteiger partial charge in [0, 0.05) is 0 Å². The first-order valence-electron chi connectivity index (χ1n) is 0. The Labute approximate surface area is 508 Å². The van der Waals surface area contributed by atoms with Gasteiger partial charge >= 0.3 is 445 Å². The van der Waals surface area contributed by atoms with Crippen LogP contribution in [0, 0.1) is 0 Å². The molecule has 33 heavy (non-hydrogen) atoms. The van der Waals surface area contributed by atoms with Gasteiger partial charge < -0.3 is 76.7 Å². The molecule has 0 N–H and O–H groups in total. The molecular weight excluding hydrogens is 673 g/mol. The molecule has 0 fully saturated rings. The van der Waals surface area contributed by atoms with E-state index in [0.717, 1.165) is 0 Å². The van der Waals surface area contributed by atoms with Gasteiger partial charge in [0.2, 0.25) is 0 Å². The molecule has 0 aliphatic rings. The molecular formula is K2Li14O14Zr3. The first-order valence-corrected chi connectivity index (χ1v) is 0. The van der Waals surface area contributed by atoms with Crippen molar-refractivity contribution in [1.29, 1.82) is 0 Å². The molecule has 0 aliphatic carbocycles. The van der Waals surface area contributed by atoms with Crippen molar-refractivity contribution in [1.82, 2.24) is 0 Å². The van der Waals surface area contributed by atoms with Gasteiger partial charge in [0.15, 0.2) is 0 Å². The average Bonchev–Trinajstić information content (AvgIpc) is 0. The smallest absolute Gasteiger partial charge is 2.00 e. The molecule has 0 amide bonds. The fourth-order valence-corrected chi connectivity index (χ4v) is 0. The zero-order chi connectivity index (χ0) is 0. The normalized spacial score (nSPS) is 0. The van der Waals surface area contributed by atoms with Crippen LogP contribution in [0.5, 0.6) is 0 Å². The second-order valence-corrected chi connectivity index (χ2v) is 0. The molecule has 0 aromatic carbocycles. The molecule has 0 aliphatic heterocycles. The Morgan fingerprint density at radius 3 is 0.121 bits per heavy atom. The van der Waals surface area contributed by atoms with Gasteiger partial charge in [0.1, 0.15) is 0 Å². The summed E-state index contributed by atoms with van der Waals surface area (Å²) in [5, 5.41) is 0. The van der Waals surface area contributed by atoms with Crippen molar-refractivity contribution in [3.63, 3.8) is 0 Å². The Kier molecular flexibility index (Phi) is 7630. The van der Waals surface area contributed by atoms with Crippen LogP contribution in [0.1, 0.15) is 0 Å². The van der Waals surface area contributed by atoms with Crippen molar-refractivity contribution in [2.45, 2.75) is 0 Å². The topological polar surface area (TPSA) is 399 Å². The maximum atomic E-state index is 0. The maximum absolute atomic E-state index is 0. The van der Waals surface area contributed by atoms with Gasteiger partial charge in [-0.1, -0.05) is 0 Å². The van der Waals surface area contributed by atoms with Crippen LogP contribution in [-0.2, 0) is 155 Å². The van der Waals surface area contributed by atoms with Crippen molar-refractivity contribution in [2.24, 2.45) is 0 Å². The Balaban J connectivity index is 0. The molecule has 0 aromatic heterocycles. The number of rotatable bonds is 0. The quantitative estimate of drug-likeness (QED) is 0.216. The fourth-order valence-electron chi connectivity index (χ4n) is 0. The van der Waals surface area contributed by atoms with E-state index in [1.54, 1.807) is 0 Å². The summed E-state index contributed by atoms with van der Waals surface area (Å²) in [4.78, 5) is 0. The van der Waals surface area contributed by atoms with Gasteiger partial charge in [-0.15, -0.1) is 0 Å². The third-order valence-corrected chi connectivity index (χ3v) is 0. The summed E-state index contributed by atoms with van der Waals surface area (Å²) in [5.74, 6) is 0. The molecule has 0 saturated heterocycles. The minimum absolute atomic E-state index is 0. The van der Waals surface area contributed by atoms with Gasteiger partial charge in [-0.3, -0.25) is 0 Å². The molecule has 0 heterocycles. The van der Waals surface area contributed by atoms with Crippen molar-refractivity contribution < 1.29 is 522 Å². The Morgan fingerprint density at radius 1 is 0.121 bits per heavy atom. The van der Waals surface area contributed by atoms with E-state index in [1.807, 2.05) is 0 Å². The Morgan fingerprint density at radius 2 is 0.121 bits per heavy atom. The Bertz CT molecular complexity index is 53.1. The van der Waals surface area contributed by atoms with Crippen LogP contribution in [0.4, 0.5) is 0 Å². The van der Waals surface area contributed by atoms with Crippen LogP contribution in [0.15, 0.2) is 0 Å². The van der Waals surface area contributed by atoms with Crippen LogP contribution in [0.25, 0.3) is 0 Å². The van der Waals surface area contributed by atoms with Gasteiger partial charge in [-0.05, 0) is 0 Å². The first kappa shape index (κ1) is 519. The SMILES string of the molecule is [K+].[K+].[Li+].[Li+].[Li+].[Li+].[Li+].[Li+].[Li+].[Li+].[Li+].[Li+].[Li+].[Li+].[Li+].[Li+].[O-2].[O-2].[O-2].[O-2].[O-2].[O-2].[O-2].[O-2].[O-2].[O-2].[O-2].[O-2].[O-2].[O-2].[Zr+4].[Zr+4].[Zr+4]. The van der Waals surface area contributed by atoms with Crippen LogP contribution in [0.2, 0.25) is 0 Å². The minimum atomic E-state index is 0. The van der Waals surface area contributed by atoms with E-state index in [0.29, 0.717) is 0 Å². The van der Waals surface area contributed by atoms with Crippen molar-refractivity contribution in [3.05, 3.63) is 0 Å². The predicted octanol–water partition coefficient (Wildman–Crippen LogP) is -49.6. The van der Waals surface area contributed by atoms with E-state index in [-0.39, 0.29) is 522 Å². The third kappa shape index (κ3) is 464. The predicted molar refractivity (Wildman–Crippen MR) is 9.61 cm³/mol. The Hall–Kier alpha value is 13.7. The van der Waals surface area contributed by atoms with Crippen molar-refractivity contribution >= 4 is 0 Å². The average molecular weight is 673 g/mol. The van der Waals surface area contributed by atoms with Crippen molar-refractivity contribution in [3.8, 4) is 0 Å². The minimum Gasteiger partial charge on any atom is -2.00 e. The second kappa shape index (κ2) is 486.